The molecule has 88 valence electrons. The average molecular weight is 303 g/mol. The van der Waals surface area contributed by atoms with Gasteiger partial charge in [0.2, 0.25) is 0 Å². The molecule has 1 aromatic rings. The lowest BCUT2D eigenvalue weighted by molar-refractivity contribution is 0.233. The molecule has 1 saturated carbocycles. The highest BCUT2D eigenvalue weighted by atomic mass is 79.9. The Kier molecular flexibility index (Phi) is 4.28. The van der Waals surface area contributed by atoms with E-state index >= 15 is 0 Å². The summed E-state index contributed by atoms with van der Waals surface area (Å²) in [5, 5.41) is 4.37. The summed E-state index contributed by atoms with van der Waals surface area (Å²) < 4.78 is 0.994. The lowest BCUT2D eigenvalue weighted by Crippen LogP contribution is -2.32. The van der Waals surface area contributed by atoms with Gasteiger partial charge in [0, 0.05) is 10.5 Å². The molecule has 3 heteroatoms. The normalized spacial score (nSPS) is 18.2. The summed E-state index contributed by atoms with van der Waals surface area (Å²) in [7, 11) is 0. The maximum absolute atomic E-state index is 6.02. The minimum Gasteiger partial charge on any atom is -0.310 e. The standard InChI is InChI=1S/C13H17BrClN/c1-2-16-13(9-4-3-5-9)10-6-7-12(15)11(14)8-10/h6-9,13,16H,2-5H2,1H3. The molecule has 1 N–H and O–H groups in total. The Hall–Kier alpha value is -0.0500. The van der Waals surface area contributed by atoms with Crippen LogP contribution in [-0.4, -0.2) is 6.54 Å². The highest BCUT2D eigenvalue weighted by molar-refractivity contribution is 9.10. The molecule has 16 heavy (non-hydrogen) atoms. The van der Waals surface area contributed by atoms with E-state index in [0.29, 0.717) is 6.04 Å². The molecule has 0 amide bonds. The highest BCUT2D eigenvalue weighted by Crippen LogP contribution is 2.39. The first-order chi connectivity index (χ1) is 7.72. The van der Waals surface area contributed by atoms with E-state index in [9.17, 15) is 0 Å². The molecule has 1 unspecified atom stereocenters. The van der Waals surface area contributed by atoms with Crippen LogP contribution in [0.4, 0.5) is 0 Å². The summed E-state index contributed by atoms with van der Waals surface area (Å²) >= 11 is 9.52. The molecular formula is C13H17BrClN. The van der Waals surface area contributed by atoms with Crippen LogP contribution in [0.2, 0.25) is 5.02 Å². The molecule has 0 bridgehead atoms. The van der Waals surface area contributed by atoms with Crippen LogP contribution in [0.15, 0.2) is 22.7 Å². The molecular weight excluding hydrogens is 286 g/mol. The second-order valence-corrected chi connectivity index (χ2v) is 5.66. The van der Waals surface area contributed by atoms with Crippen molar-refractivity contribution in [3.63, 3.8) is 0 Å². The summed E-state index contributed by atoms with van der Waals surface area (Å²) in [5.74, 6) is 0.799. The van der Waals surface area contributed by atoms with Crippen molar-refractivity contribution in [3.8, 4) is 0 Å². The second-order valence-electron chi connectivity index (χ2n) is 4.40. The highest BCUT2D eigenvalue weighted by Gasteiger charge is 2.27. The lowest BCUT2D eigenvalue weighted by atomic mass is 9.77. The number of hydrogen-bond acceptors (Lipinski definition) is 1. The van der Waals surface area contributed by atoms with E-state index < -0.39 is 0 Å². The summed E-state index contributed by atoms with van der Waals surface area (Å²) in [6, 6.07) is 6.75. The molecule has 0 spiro atoms. The number of nitrogens with one attached hydrogen (secondary N) is 1. The smallest absolute Gasteiger partial charge is 0.0548 e. The van der Waals surface area contributed by atoms with Gasteiger partial charge >= 0.3 is 0 Å². The Balaban J connectivity index is 2.20. The number of halogens is 2. The van der Waals surface area contributed by atoms with Crippen molar-refractivity contribution in [2.24, 2.45) is 5.92 Å². The fourth-order valence-electron chi connectivity index (χ4n) is 2.26. The third-order valence-electron chi connectivity index (χ3n) is 3.35. The summed E-state index contributed by atoms with van der Waals surface area (Å²) in [6.45, 7) is 3.18. The van der Waals surface area contributed by atoms with Gasteiger partial charge in [0.25, 0.3) is 0 Å². The predicted octanol–water partition coefficient (Wildman–Crippen LogP) is 4.55. The summed E-state index contributed by atoms with van der Waals surface area (Å²) in [4.78, 5) is 0. The maximum Gasteiger partial charge on any atom is 0.0548 e. The van der Waals surface area contributed by atoms with Crippen LogP contribution >= 0.6 is 27.5 Å². The SMILES string of the molecule is CCNC(c1ccc(Cl)c(Br)c1)C1CCC1. The van der Waals surface area contributed by atoms with E-state index in [-0.39, 0.29) is 0 Å². The predicted molar refractivity (Wildman–Crippen MR) is 72.9 cm³/mol. The van der Waals surface area contributed by atoms with Gasteiger partial charge in [0.1, 0.15) is 0 Å². The third-order valence-corrected chi connectivity index (χ3v) is 4.56. The Morgan fingerprint density at radius 1 is 1.50 bits per heavy atom. The molecule has 1 aliphatic rings. The maximum atomic E-state index is 6.02. The van der Waals surface area contributed by atoms with Crippen LogP contribution in [0.1, 0.15) is 37.8 Å². The van der Waals surface area contributed by atoms with Gasteiger partial charge in [0.05, 0.1) is 5.02 Å². The Bertz CT molecular complexity index is 363. The molecule has 1 fully saturated rings. The quantitative estimate of drug-likeness (QED) is 0.860. The van der Waals surface area contributed by atoms with E-state index in [1.54, 1.807) is 0 Å². The number of rotatable bonds is 4. The van der Waals surface area contributed by atoms with Crippen LogP contribution in [0.3, 0.4) is 0 Å². The van der Waals surface area contributed by atoms with Crippen molar-refractivity contribution in [1.82, 2.24) is 5.32 Å². The van der Waals surface area contributed by atoms with Gasteiger partial charge in [-0.05, 0) is 58.9 Å². The van der Waals surface area contributed by atoms with Gasteiger partial charge in [-0.2, -0.15) is 0 Å². The van der Waals surface area contributed by atoms with Gasteiger partial charge in [0.15, 0.2) is 0 Å². The van der Waals surface area contributed by atoms with E-state index in [4.69, 9.17) is 11.6 Å². The van der Waals surface area contributed by atoms with Crippen molar-refractivity contribution in [3.05, 3.63) is 33.3 Å². The molecule has 1 aromatic carbocycles. The minimum atomic E-state index is 0.493. The van der Waals surface area contributed by atoms with Crippen molar-refractivity contribution in [2.45, 2.75) is 32.2 Å². The van der Waals surface area contributed by atoms with Gasteiger partial charge < -0.3 is 5.32 Å². The van der Waals surface area contributed by atoms with E-state index in [1.807, 2.05) is 6.07 Å². The van der Waals surface area contributed by atoms with Crippen LogP contribution in [0.5, 0.6) is 0 Å². The molecule has 0 aromatic heterocycles. The molecule has 0 heterocycles. The van der Waals surface area contributed by atoms with Crippen molar-refractivity contribution < 1.29 is 0 Å². The van der Waals surface area contributed by atoms with Gasteiger partial charge in [-0.3, -0.25) is 0 Å². The largest absolute Gasteiger partial charge is 0.310 e. The van der Waals surface area contributed by atoms with Gasteiger partial charge in [-0.25, -0.2) is 0 Å². The molecule has 1 aliphatic carbocycles. The first-order valence-electron chi connectivity index (χ1n) is 5.90. The van der Waals surface area contributed by atoms with Crippen LogP contribution in [0.25, 0.3) is 0 Å². The van der Waals surface area contributed by atoms with E-state index in [1.165, 1.54) is 24.8 Å². The fraction of sp³-hybridized carbons (Fsp3) is 0.538. The first kappa shape index (κ1) is 12.4. The fourth-order valence-corrected chi connectivity index (χ4v) is 2.77. The molecule has 1 atom stereocenters. The van der Waals surface area contributed by atoms with Crippen LogP contribution in [0, 0.1) is 5.92 Å². The Morgan fingerprint density at radius 2 is 2.25 bits per heavy atom. The zero-order valence-electron chi connectivity index (χ0n) is 9.47. The van der Waals surface area contributed by atoms with Crippen LogP contribution in [-0.2, 0) is 0 Å². The van der Waals surface area contributed by atoms with Gasteiger partial charge in [-0.15, -0.1) is 0 Å². The average Bonchev–Trinajstić information content (AvgIpc) is 2.19. The monoisotopic (exact) mass is 301 g/mol. The molecule has 1 nitrogen and oxygen atoms in total. The summed E-state index contributed by atoms with van der Waals surface area (Å²) in [5.41, 5.74) is 1.35. The number of benzene rings is 1. The lowest BCUT2D eigenvalue weighted by Gasteiger charge is -2.34. The zero-order chi connectivity index (χ0) is 11.5. The minimum absolute atomic E-state index is 0.493. The summed E-state index contributed by atoms with van der Waals surface area (Å²) in [6.07, 6.45) is 4.07. The van der Waals surface area contributed by atoms with Crippen molar-refractivity contribution in [2.75, 3.05) is 6.54 Å². The molecule has 0 aliphatic heterocycles. The molecule has 0 radical (unpaired) electrons. The van der Waals surface area contributed by atoms with Crippen molar-refractivity contribution in [1.29, 1.82) is 0 Å². The van der Waals surface area contributed by atoms with Gasteiger partial charge in [-0.1, -0.05) is 31.0 Å². The van der Waals surface area contributed by atoms with E-state index in [2.05, 4.69) is 40.3 Å². The topological polar surface area (TPSA) is 12.0 Å². The first-order valence-corrected chi connectivity index (χ1v) is 7.07. The third kappa shape index (κ3) is 2.61. The van der Waals surface area contributed by atoms with Crippen LogP contribution < -0.4 is 5.32 Å². The van der Waals surface area contributed by atoms with E-state index in [0.717, 1.165) is 22.0 Å². The molecule has 2 rings (SSSR count). The number of hydrogen-bond donors (Lipinski definition) is 1. The Labute approximate surface area is 111 Å². The zero-order valence-corrected chi connectivity index (χ0v) is 11.8. The second kappa shape index (κ2) is 5.52. The Morgan fingerprint density at radius 3 is 2.75 bits per heavy atom. The van der Waals surface area contributed by atoms with Crippen molar-refractivity contribution >= 4 is 27.5 Å². The molecule has 0 saturated heterocycles.